The molecule has 6 heteroatoms. The van der Waals surface area contributed by atoms with E-state index in [-0.39, 0.29) is 11.8 Å². The minimum Gasteiger partial charge on any atom is -0.467 e. The van der Waals surface area contributed by atoms with Crippen LogP contribution in [-0.4, -0.2) is 47.9 Å². The van der Waals surface area contributed by atoms with Gasteiger partial charge in [-0.05, 0) is 33.1 Å². The van der Waals surface area contributed by atoms with E-state index in [0.717, 1.165) is 12.0 Å². The van der Waals surface area contributed by atoms with Gasteiger partial charge in [0.15, 0.2) is 0 Å². The third kappa shape index (κ3) is 2.19. The van der Waals surface area contributed by atoms with Crippen LogP contribution in [0.3, 0.4) is 0 Å². The number of methoxy groups -OCH3 is 1. The van der Waals surface area contributed by atoms with Crippen molar-refractivity contribution in [2.24, 2.45) is 0 Å². The number of amides is 2. The molecule has 1 N–H and O–H groups in total. The third-order valence-corrected chi connectivity index (χ3v) is 3.98. The summed E-state index contributed by atoms with van der Waals surface area (Å²) in [6.07, 6.45) is 3.84. The molecule has 2 rings (SSSR count). The van der Waals surface area contributed by atoms with Crippen LogP contribution in [0.5, 0.6) is 0 Å². The van der Waals surface area contributed by atoms with E-state index in [1.54, 1.807) is 4.90 Å². The number of hydrogen-bond acceptors (Lipinski definition) is 4. The zero-order chi connectivity index (χ0) is 14.9. The first-order chi connectivity index (χ1) is 9.42. The summed E-state index contributed by atoms with van der Waals surface area (Å²) in [7, 11) is 1.21. The Morgan fingerprint density at radius 1 is 1.50 bits per heavy atom. The SMILES string of the molecule is COC(=O)C1NC(=O)[C@@]2(CC=C(C)C)CCCN2C1=O. The molecule has 0 aromatic carbocycles. The van der Waals surface area contributed by atoms with E-state index in [4.69, 9.17) is 0 Å². The van der Waals surface area contributed by atoms with Gasteiger partial charge in [0, 0.05) is 6.54 Å². The number of ether oxygens (including phenoxy) is 1. The normalized spacial score (nSPS) is 28.8. The Labute approximate surface area is 118 Å². The van der Waals surface area contributed by atoms with Crippen molar-refractivity contribution in [1.29, 1.82) is 0 Å². The number of carbonyl (C=O) groups is 3. The van der Waals surface area contributed by atoms with Crippen LogP contribution in [-0.2, 0) is 19.1 Å². The van der Waals surface area contributed by atoms with Crippen molar-refractivity contribution in [3.05, 3.63) is 11.6 Å². The zero-order valence-corrected chi connectivity index (χ0v) is 12.1. The number of allylic oxidation sites excluding steroid dienone is 1. The van der Waals surface area contributed by atoms with Crippen LogP contribution in [0.2, 0.25) is 0 Å². The molecule has 2 saturated heterocycles. The number of esters is 1. The highest BCUT2D eigenvalue weighted by Gasteiger charge is 2.56. The Balaban J connectivity index is 2.31. The number of nitrogens with one attached hydrogen (secondary N) is 1. The van der Waals surface area contributed by atoms with Gasteiger partial charge in [-0.2, -0.15) is 0 Å². The molecule has 2 aliphatic rings. The molecular weight excluding hydrogens is 260 g/mol. The van der Waals surface area contributed by atoms with Crippen molar-refractivity contribution in [3.63, 3.8) is 0 Å². The van der Waals surface area contributed by atoms with Gasteiger partial charge in [0.05, 0.1) is 7.11 Å². The molecule has 2 atom stereocenters. The number of piperazine rings is 1. The van der Waals surface area contributed by atoms with Crippen molar-refractivity contribution in [2.75, 3.05) is 13.7 Å². The summed E-state index contributed by atoms with van der Waals surface area (Å²) in [5.74, 6) is -1.34. The van der Waals surface area contributed by atoms with Crippen LogP contribution < -0.4 is 5.32 Å². The van der Waals surface area contributed by atoms with Crippen LogP contribution in [0.15, 0.2) is 11.6 Å². The number of rotatable bonds is 3. The molecule has 2 aliphatic heterocycles. The van der Waals surface area contributed by atoms with Crippen LogP contribution >= 0.6 is 0 Å². The lowest BCUT2D eigenvalue weighted by Crippen LogP contribution is -2.70. The molecule has 110 valence electrons. The highest BCUT2D eigenvalue weighted by atomic mass is 16.5. The lowest BCUT2D eigenvalue weighted by molar-refractivity contribution is -0.162. The lowest BCUT2D eigenvalue weighted by atomic mass is 9.87. The van der Waals surface area contributed by atoms with Crippen molar-refractivity contribution in [1.82, 2.24) is 10.2 Å². The predicted octanol–water partition coefficient (Wildman–Crippen LogP) is 0.375. The molecule has 2 fully saturated rings. The number of hydrogen-bond donors (Lipinski definition) is 1. The summed E-state index contributed by atoms with van der Waals surface area (Å²) >= 11 is 0. The fraction of sp³-hybridized carbons (Fsp3) is 0.643. The molecular formula is C14H20N2O4. The van der Waals surface area contributed by atoms with Gasteiger partial charge in [-0.3, -0.25) is 9.59 Å². The molecule has 0 aromatic heterocycles. The van der Waals surface area contributed by atoms with Crippen molar-refractivity contribution in [2.45, 2.75) is 44.7 Å². The quantitative estimate of drug-likeness (QED) is 0.460. The monoisotopic (exact) mass is 280 g/mol. The van der Waals surface area contributed by atoms with Gasteiger partial charge < -0.3 is 15.0 Å². The van der Waals surface area contributed by atoms with Crippen LogP contribution in [0.1, 0.15) is 33.1 Å². The van der Waals surface area contributed by atoms with Gasteiger partial charge in [-0.15, -0.1) is 0 Å². The summed E-state index contributed by atoms with van der Waals surface area (Å²) in [6.45, 7) is 4.42. The summed E-state index contributed by atoms with van der Waals surface area (Å²) < 4.78 is 4.57. The first-order valence-corrected chi connectivity index (χ1v) is 6.76. The lowest BCUT2D eigenvalue weighted by Gasteiger charge is -2.42. The van der Waals surface area contributed by atoms with E-state index in [1.807, 2.05) is 19.9 Å². The average molecular weight is 280 g/mol. The Hall–Kier alpha value is -1.85. The largest absolute Gasteiger partial charge is 0.467 e. The molecule has 0 bridgehead atoms. The summed E-state index contributed by atoms with van der Waals surface area (Å²) in [5.41, 5.74) is 0.264. The van der Waals surface area contributed by atoms with Crippen molar-refractivity contribution >= 4 is 17.8 Å². The smallest absolute Gasteiger partial charge is 0.338 e. The minimum atomic E-state index is -1.20. The summed E-state index contributed by atoms with van der Waals surface area (Å²) in [6, 6.07) is -1.20. The van der Waals surface area contributed by atoms with E-state index in [9.17, 15) is 14.4 Å². The molecule has 0 saturated carbocycles. The Bertz CT molecular complexity index is 482. The molecule has 0 aliphatic carbocycles. The van der Waals surface area contributed by atoms with E-state index in [1.165, 1.54) is 7.11 Å². The molecule has 0 aromatic rings. The number of nitrogens with zero attached hydrogens (tertiary/aromatic N) is 1. The standard InChI is InChI=1S/C14H20N2O4/c1-9(2)5-7-14-6-4-8-16(14)11(17)10(12(18)20-3)15-13(14)19/h5,10H,4,6-8H2,1-3H3,(H,15,19)/t10?,14-/m0/s1. The Kier molecular flexibility index (Phi) is 3.83. The van der Waals surface area contributed by atoms with Crippen molar-refractivity contribution < 1.29 is 19.1 Å². The molecule has 2 heterocycles. The second kappa shape index (κ2) is 5.26. The van der Waals surface area contributed by atoms with Crippen molar-refractivity contribution in [3.8, 4) is 0 Å². The average Bonchev–Trinajstić information content (AvgIpc) is 2.85. The van der Waals surface area contributed by atoms with Crippen LogP contribution in [0.25, 0.3) is 0 Å². The van der Waals surface area contributed by atoms with Gasteiger partial charge in [-0.1, -0.05) is 11.6 Å². The van der Waals surface area contributed by atoms with Gasteiger partial charge in [0.1, 0.15) is 5.54 Å². The van der Waals surface area contributed by atoms with E-state index in [0.29, 0.717) is 19.4 Å². The molecule has 0 spiro atoms. The van der Waals surface area contributed by atoms with Gasteiger partial charge in [0.2, 0.25) is 11.9 Å². The maximum absolute atomic E-state index is 12.4. The molecule has 20 heavy (non-hydrogen) atoms. The van der Waals surface area contributed by atoms with E-state index >= 15 is 0 Å². The first-order valence-electron chi connectivity index (χ1n) is 6.76. The Morgan fingerprint density at radius 3 is 2.80 bits per heavy atom. The molecule has 1 unspecified atom stereocenters. The second-order valence-electron chi connectivity index (χ2n) is 5.54. The maximum Gasteiger partial charge on any atom is 0.338 e. The van der Waals surface area contributed by atoms with E-state index in [2.05, 4.69) is 10.1 Å². The maximum atomic E-state index is 12.4. The molecule has 2 amide bonds. The first kappa shape index (κ1) is 14.6. The third-order valence-electron chi connectivity index (χ3n) is 3.98. The minimum absolute atomic E-state index is 0.262. The molecule has 6 nitrogen and oxygen atoms in total. The number of fused-ring (bicyclic) bond motifs is 1. The predicted molar refractivity (Wildman–Crippen MR) is 71.7 cm³/mol. The highest BCUT2D eigenvalue weighted by Crippen LogP contribution is 2.36. The summed E-state index contributed by atoms with van der Waals surface area (Å²) in [5, 5.41) is 2.52. The summed E-state index contributed by atoms with van der Waals surface area (Å²) in [4.78, 5) is 38.0. The Morgan fingerprint density at radius 2 is 2.20 bits per heavy atom. The fourth-order valence-electron chi connectivity index (χ4n) is 2.87. The van der Waals surface area contributed by atoms with Gasteiger partial charge >= 0.3 is 5.97 Å². The zero-order valence-electron chi connectivity index (χ0n) is 12.1. The van der Waals surface area contributed by atoms with Gasteiger partial charge in [-0.25, -0.2) is 4.79 Å². The second-order valence-corrected chi connectivity index (χ2v) is 5.54. The topological polar surface area (TPSA) is 75.7 Å². The number of carbonyl (C=O) groups excluding carboxylic acids is 3. The highest BCUT2D eigenvalue weighted by molar-refractivity contribution is 6.10. The van der Waals surface area contributed by atoms with Crippen LogP contribution in [0.4, 0.5) is 0 Å². The molecule has 0 radical (unpaired) electrons. The van der Waals surface area contributed by atoms with Gasteiger partial charge in [0.25, 0.3) is 5.91 Å². The van der Waals surface area contributed by atoms with E-state index < -0.39 is 17.6 Å². The fourth-order valence-corrected chi connectivity index (χ4v) is 2.87. The van der Waals surface area contributed by atoms with Crippen LogP contribution in [0, 0.1) is 0 Å².